The van der Waals surface area contributed by atoms with Crippen molar-refractivity contribution in [3.8, 4) is 5.88 Å². The van der Waals surface area contributed by atoms with E-state index in [0.29, 0.717) is 5.88 Å². The maximum absolute atomic E-state index is 9.14. The monoisotopic (exact) mass is 284 g/mol. The van der Waals surface area contributed by atoms with Gasteiger partial charge in [-0.25, -0.2) is 4.98 Å². The molecule has 2 heterocycles. The Kier molecular flexibility index (Phi) is 4.48. The molecule has 4 heteroatoms. The molecule has 1 aliphatic rings. The van der Waals surface area contributed by atoms with Crippen LogP contribution >= 0.6 is 0 Å². The van der Waals surface area contributed by atoms with Crippen molar-refractivity contribution >= 4 is 0 Å². The summed E-state index contributed by atoms with van der Waals surface area (Å²) in [4.78, 5) is 6.61. The number of likely N-dealkylation sites (tertiary alicyclic amines) is 1. The van der Waals surface area contributed by atoms with E-state index in [1.54, 1.807) is 18.3 Å². The first-order valence-corrected chi connectivity index (χ1v) is 7.32. The number of hydrogen-bond acceptors (Lipinski definition) is 4. The first kappa shape index (κ1) is 14.0. The Balaban J connectivity index is 1.54. The molecule has 1 unspecified atom stereocenters. The SMILES string of the molecule is OCc1ccnc(OC2CCN(Cc3ccccc3)C2)c1. The summed E-state index contributed by atoms with van der Waals surface area (Å²) in [5.74, 6) is 0.605. The van der Waals surface area contributed by atoms with E-state index < -0.39 is 0 Å². The molecule has 0 amide bonds. The number of benzene rings is 1. The number of ether oxygens (including phenoxy) is 1. The van der Waals surface area contributed by atoms with E-state index in [-0.39, 0.29) is 12.7 Å². The van der Waals surface area contributed by atoms with Crippen LogP contribution in [0.2, 0.25) is 0 Å². The predicted octanol–water partition coefficient (Wildman–Crippen LogP) is 2.23. The van der Waals surface area contributed by atoms with E-state index >= 15 is 0 Å². The number of aliphatic hydroxyl groups excluding tert-OH is 1. The highest BCUT2D eigenvalue weighted by atomic mass is 16.5. The van der Waals surface area contributed by atoms with Gasteiger partial charge in [0.05, 0.1) is 6.61 Å². The molecule has 1 aliphatic heterocycles. The van der Waals surface area contributed by atoms with Gasteiger partial charge in [-0.2, -0.15) is 0 Å². The van der Waals surface area contributed by atoms with Crippen LogP contribution in [0.1, 0.15) is 17.5 Å². The van der Waals surface area contributed by atoms with Gasteiger partial charge in [0.25, 0.3) is 0 Å². The van der Waals surface area contributed by atoms with Crippen LogP contribution in [-0.2, 0) is 13.2 Å². The van der Waals surface area contributed by atoms with Crippen LogP contribution in [-0.4, -0.2) is 34.2 Å². The number of hydrogen-bond donors (Lipinski definition) is 1. The highest BCUT2D eigenvalue weighted by Gasteiger charge is 2.24. The molecular formula is C17H20N2O2. The Morgan fingerprint density at radius 2 is 2.05 bits per heavy atom. The van der Waals surface area contributed by atoms with Gasteiger partial charge < -0.3 is 9.84 Å². The third kappa shape index (κ3) is 3.80. The highest BCUT2D eigenvalue weighted by Crippen LogP contribution is 2.19. The summed E-state index contributed by atoms with van der Waals surface area (Å²) < 4.78 is 5.92. The van der Waals surface area contributed by atoms with E-state index in [1.807, 2.05) is 6.07 Å². The molecule has 0 aliphatic carbocycles. The van der Waals surface area contributed by atoms with Crippen LogP contribution in [0.3, 0.4) is 0 Å². The van der Waals surface area contributed by atoms with Crippen molar-refractivity contribution in [2.75, 3.05) is 13.1 Å². The van der Waals surface area contributed by atoms with Crippen LogP contribution in [0.15, 0.2) is 48.7 Å². The van der Waals surface area contributed by atoms with E-state index in [0.717, 1.165) is 31.6 Å². The minimum Gasteiger partial charge on any atom is -0.473 e. The van der Waals surface area contributed by atoms with Gasteiger partial charge in [-0.15, -0.1) is 0 Å². The molecule has 1 saturated heterocycles. The van der Waals surface area contributed by atoms with E-state index in [9.17, 15) is 0 Å². The van der Waals surface area contributed by atoms with Crippen molar-refractivity contribution in [3.05, 3.63) is 59.8 Å². The van der Waals surface area contributed by atoms with Gasteiger partial charge >= 0.3 is 0 Å². The minimum absolute atomic E-state index is 0.0175. The molecule has 3 rings (SSSR count). The topological polar surface area (TPSA) is 45.6 Å². The second kappa shape index (κ2) is 6.70. The van der Waals surface area contributed by atoms with Crippen molar-refractivity contribution in [2.45, 2.75) is 25.7 Å². The van der Waals surface area contributed by atoms with Crippen molar-refractivity contribution in [1.29, 1.82) is 0 Å². The normalized spacial score (nSPS) is 18.8. The number of pyridine rings is 1. The van der Waals surface area contributed by atoms with E-state index in [1.165, 1.54) is 5.56 Å². The summed E-state index contributed by atoms with van der Waals surface area (Å²) in [6.07, 6.45) is 2.87. The van der Waals surface area contributed by atoms with Crippen molar-refractivity contribution in [2.24, 2.45) is 0 Å². The average molecular weight is 284 g/mol. The summed E-state index contributed by atoms with van der Waals surface area (Å²) in [6, 6.07) is 14.1. The van der Waals surface area contributed by atoms with Crippen LogP contribution in [0, 0.1) is 0 Å². The quantitative estimate of drug-likeness (QED) is 0.914. The Hall–Kier alpha value is -1.91. The van der Waals surface area contributed by atoms with Crippen LogP contribution in [0.5, 0.6) is 5.88 Å². The molecule has 0 spiro atoms. The molecule has 1 N–H and O–H groups in total. The van der Waals surface area contributed by atoms with E-state index in [2.05, 4.69) is 34.1 Å². The molecule has 4 nitrogen and oxygen atoms in total. The number of nitrogens with zero attached hydrogens (tertiary/aromatic N) is 2. The van der Waals surface area contributed by atoms with Gasteiger partial charge in [-0.1, -0.05) is 30.3 Å². The summed E-state index contributed by atoms with van der Waals surface area (Å²) in [5.41, 5.74) is 2.16. The number of rotatable bonds is 5. The largest absolute Gasteiger partial charge is 0.473 e. The lowest BCUT2D eigenvalue weighted by Crippen LogP contribution is -2.24. The molecule has 1 atom stereocenters. The lowest BCUT2D eigenvalue weighted by molar-refractivity contribution is 0.190. The highest BCUT2D eigenvalue weighted by molar-refractivity contribution is 5.20. The van der Waals surface area contributed by atoms with Crippen LogP contribution < -0.4 is 4.74 Å². The second-order valence-electron chi connectivity index (χ2n) is 5.41. The van der Waals surface area contributed by atoms with Crippen molar-refractivity contribution in [1.82, 2.24) is 9.88 Å². The number of aliphatic hydroxyl groups is 1. The molecule has 110 valence electrons. The predicted molar refractivity (Wildman–Crippen MR) is 80.9 cm³/mol. The lowest BCUT2D eigenvalue weighted by atomic mass is 10.2. The van der Waals surface area contributed by atoms with Crippen molar-refractivity contribution < 1.29 is 9.84 Å². The third-order valence-corrected chi connectivity index (χ3v) is 3.75. The van der Waals surface area contributed by atoms with Gasteiger partial charge in [-0.3, -0.25) is 4.90 Å². The fourth-order valence-electron chi connectivity index (χ4n) is 2.66. The molecule has 0 saturated carbocycles. The standard InChI is InChI=1S/C17H20N2O2/c20-13-15-6-8-18-17(10-15)21-16-7-9-19(12-16)11-14-4-2-1-3-5-14/h1-6,8,10,16,20H,7,9,11-13H2. The smallest absolute Gasteiger partial charge is 0.213 e. The maximum Gasteiger partial charge on any atom is 0.213 e. The molecule has 21 heavy (non-hydrogen) atoms. The fourth-order valence-corrected chi connectivity index (χ4v) is 2.66. The molecule has 1 aromatic heterocycles. The van der Waals surface area contributed by atoms with Crippen LogP contribution in [0.4, 0.5) is 0 Å². The Bertz CT molecular complexity index is 574. The van der Waals surface area contributed by atoms with E-state index in [4.69, 9.17) is 9.84 Å². The Labute approximate surface area is 125 Å². The number of aromatic nitrogens is 1. The zero-order valence-corrected chi connectivity index (χ0v) is 12.0. The fraction of sp³-hybridized carbons (Fsp3) is 0.353. The zero-order chi connectivity index (χ0) is 14.5. The molecule has 0 bridgehead atoms. The molecule has 1 fully saturated rings. The lowest BCUT2D eigenvalue weighted by Gasteiger charge is -2.16. The second-order valence-corrected chi connectivity index (χ2v) is 5.41. The Morgan fingerprint density at radius 1 is 1.19 bits per heavy atom. The van der Waals surface area contributed by atoms with Gasteiger partial charge in [0.15, 0.2) is 0 Å². The van der Waals surface area contributed by atoms with Gasteiger partial charge in [-0.05, 0) is 23.6 Å². The van der Waals surface area contributed by atoms with Crippen LogP contribution in [0.25, 0.3) is 0 Å². The molecule has 0 radical (unpaired) electrons. The first-order chi connectivity index (χ1) is 10.3. The first-order valence-electron chi connectivity index (χ1n) is 7.32. The minimum atomic E-state index is 0.0175. The Morgan fingerprint density at radius 3 is 2.86 bits per heavy atom. The van der Waals surface area contributed by atoms with Gasteiger partial charge in [0, 0.05) is 31.9 Å². The zero-order valence-electron chi connectivity index (χ0n) is 12.0. The summed E-state index contributed by atoms with van der Waals surface area (Å²) in [6.45, 7) is 2.94. The molecule has 2 aromatic rings. The summed E-state index contributed by atoms with van der Waals surface area (Å²) in [5, 5.41) is 9.14. The summed E-state index contributed by atoms with van der Waals surface area (Å²) >= 11 is 0. The van der Waals surface area contributed by atoms with Crippen molar-refractivity contribution in [3.63, 3.8) is 0 Å². The van der Waals surface area contributed by atoms with Gasteiger partial charge in [0.2, 0.25) is 5.88 Å². The molecular weight excluding hydrogens is 264 g/mol. The molecule has 1 aromatic carbocycles. The van der Waals surface area contributed by atoms with Gasteiger partial charge in [0.1, 0.15) is 6.10 Å². The summed E-state index contributed by atoms with van der Waals surface area (Å²) in [7, 11) is 0. The third-order valence-electron chi connectivity index (χ3n) is 3.75. The average Bonchev–Trinajstić information content (AvgIpc) is 2.95. The maximum atomic E-state index is 9.14.